The van der Waals surface area contributed by atoms with Crippen molar-refractivity contribution in [3.63, 3.8) is 0 Å². The lowest BCUT2D eigenvalue weighted by molar-refractivity contribution is 0.620. The molecule has 3 N–H and O–H groups in total. The zero-order chi connectivity index (χ0) is 14.8. The Balaban J connectivity index is 1.80. The van der Waals surface area contributed by atoms with Gasteiger partial charge >= 0.3 is 0 Å². The minimum atomic E-state index is 0.235. The third kappa shape index (κ3) is 3.06. The van der Waals surface area contributed by atoms with E-state index >= 15 is 0 Å². The van der Waals surface area contributed by atoms with Crippen LogP contribution in [0.25, 0.3) is 10.6 Å². The van der Waals surface area contributed by atoms with Crippen LogP contribution in [0.2, 0.25) is 0 Å². The van der Waals surface area contributed by atoms with Gasteiger partial charge in [-0.25, -0.2) is 9.97 Å². The van der Waals surface area contributed by atoms with Crippen molar-refractivity contribution >= 4 is 33.7 Å². The molecule has 0 aromatic carbocycles. The molecule has 1 atom stereocenters. The van der Waals surface area contributed by atoms with E-state index in [0.29, 0.717) is 5.82 Å². The van der Waals surface area contributed by atoms with Gasteiger partial charge in [-0.1, -0.05) is 0 Å². The maximum atomic E-state index is 6.01. The number of nitrogens with zero attached hydrogens (tertiary/aromatic N) is 4. The van der Waals surface area contributed by atoms with Crippen molar-refractivity contribution in [2.24, 2.45) is 0 Å². The summed E-state index contributed by atoms with van der Waals surface area (Å²) in [5.74, 6) is 0.534. The summed E-state index contributed by atoms with van der Waals surface area (Å²) in [6.07, 6.45) is 5.54. The van der Waals surface area contributed by atoms with Gasteiger partial charge in [0.15, 0.2) is 0 Å². The Hall–Kier alpha value is -1.93. The number of rotatable bonds is 5. The lowest BCUT2D eigenvalue weighted by atomic mass is 10.3. The van der Waals surface area contributed by atoms with Crippen LogP contribution in [0.4, 0.5) is 10.8 Å². The molecule has 3 heterocycles. The number of nitrogen functional groups attached to an aromatic ring is 1. The summed E-state index contributed by atoms with van der Waals surface area (Å²) in [5.41, 5.74) is 7.92. The number of imidazole rings is 1. The van der Waals surface area contributed by atoms with E-state index in [2.05, 4.69) is 26.6 Å². The molecule has 0 radical (unpaired) electrons. The largest absolute Gasteiger partial charge is 0.382 e. The highest BCUT2D eigenvalue weighted by molar-refractivity contribution is 7.15. The average Bonchev–Trinajstić information content (AvgIpc) is 3.13. The molecule has 0 bridgehead atoms. The van der Waals surface area contributed by atoms with Crippen molar-refractivity contribution in [3.05, 3.63) is 29.8 Å². The minimum Gasteiger partial charge on any atom is -0.382 e. The van der Waals surface area contributed by atoms with Gasteiger partial charge in [-0.15, -0.1) is 11.3 Å². The third-order valence-corrected chi connectivity index (χ3v) is 4.74. The average molecular weight is 320 g/mol. The van der Waals surface area contributed by atoms with Gasteiger partial charge in [-0.2, -0.15) is 4.37 Å². The molecule has 0 aliphatic rings. The SMILES string of the molecule is Cc1csc(-c2c(N)nsc2NC(C)Cn2ccnc2)n1. The highest BCUT2D eigenvalue weighted by Gasteiger charge is 2.18. The van der Waals surface area contributed by atoms with Crippen LogP contribution in [0.15, 0.2) is 24.1 Å². The molecule has 0 saturated heterocycles. The zero-order valence-corrected chi connectivity index (χ0v) is 13.4. The summed E-state index contributed by atoms with van der Waals surface area (Å²) in [4.78, 5) is 8.56. The lowest BCUT2D eigenvalue weighted by Crippen LogP contribution is -2.21. The van der Waals surface area contributed by atoms with E-state index in [1.165, 1.54) is 11.5 Å². The summed E-state index contributed by atoms with van der Waals surface area (Å²) in [7, 11) is 0. The Kier molecular flexibility index (Phi) is 3.89. The summed E-state index contributed by atoms with van der Waals surface area (Å²) >= 11 is 2.97. The second-order valence-electron chi connectivity index (χ2n) is 4.87. The first-order valence-electron chi connectivity index (χ1n) is 6.53. The van der Waals surface area contributed by atoms with Crippen molar-refractivity contribution in [3.8, 4) is 10.6 Å². The Bertz CT molecular complexity index is 715. The quantitative estimate of drug-likeness (QED) is 0.755. The van der Waals surface area contributed by atoms with Crippen molar-refractivity contribution < 1.29 is 0 Å². The van der Waals surface area contributed by atoms with E-state index in [0.717, 1.165) is 27.8 Å². The molecular formula is C13H16N6S2. The van der Waals surface area contributed by atoms with Crippen molar-refractivity contribution in [1.82, 2.24) is 18.9 Å². The third-order valence-electron chi connectivity index (χ3n) is 2.97. The minimum absolute atomic E-state index is 0.235. The van der Waals surface area contributed by atoms with Gasteiger partial charge in [-0.3, -0.25) is 0 Å². The fourth-order valence-electron chi connectivity index (χ4n) is 2.06. The predicted octanol–water partition coefficient (Wildman–Crippen LogP) is 2.85. The van der Waals surface area contributed by atoms with Gasteiger partial charge in [-0.05, 0) is 25.4 Å². The van der Waals surface area contributed by atoms with E-state index in [4.69, 9.17) is 5.73 Å². The number of anilines is 2. The summed E-state index contributed by atoms with van der Waals surface area (Å²) in [6, 6.07) is 0.235. The second-order valence-corrected chi connectivity index (χ2v) is 6.50. The lowest BCUT2D eigenvalue weighted by Gasteiger charge is -2.14. The molecule has 8 heteroatoms. The zero-order valence-electron chi connectivity index (χ0n) is 11.8. The van der Waals surface area contributed by atoms with Crippen LogP contribution >= 0.6 is 22.9 Å². The van der Waals surface area contributed by atoms with E-state index in [1.54, 1.807) is 17.5 Å². The molecule has 3 aromatic heterocycles. The van der Waals surface area contributed by atoms with E-state index in [1.807, 2.05) is 29.4 Å². The molecule has 3 aromatic rings. The Morgan fingerprint density at radius 3 is 3.00 bits per heavy atom. The summed E-state index contributed by atoms with van der Waals surface area (Å²) < 4.78 is 6.29. The van der Waals surface area contributed by atoms with Gasteiger partial charge < -0.3 is 15.6 Å². The van der Waals surface area contributed by atoms with Gasteiger partial charge in [0, 0.05) is 36.1 Å². The first-order valence-corrected chi connectivity index (χ1v) is 8.18. The number of nitrogens with two attached hydrogens (primary N) is 1. The smallest absolute Gasteiger partial charge is 0.149 e. The standard InChI is InChI=1S/C13H16N6S2/c1-8(5-19-4-3-15-7-19)16-13-10(11(14)18-21-13)12-17-9(2)6-20-12/h3-4,6-8,16H,5H2,1-2H3,(H2,14,18). The Morgan fingerprint density at radius 1 is 1.48 bits per heavy atom. The topological polar surface area (TPSA) is 81.6 Å². The van der Waals surface area contributed by atoms with Gasteiger partial charge in [0.25, 0.3) is 0 Å². The second kappa shape index (κ2) is 5.82. The summed E-state index contributed by atoms with van der Waals surface area (Å²) in [6.45, 7) is 4.92. The van der Waals surface area contributed by atoms with Gasteiger partial charge in [0.1, 0.15) is 15.8 Å². The number of thiazole rings is 1. The Labute approximate surface area is 130 Å². The molecule has 0 aliphatic heterocycles. The van der Waals surface area contributed by atoms with Crippen LogP contribution in [0.5, 0.6) is 0 Å². The van der Waals surface area contributed by atoms with Gasteiger partial charge in [0.2, 0.25) is 0 Å². The fraction of sp³-hybridized carbons (Fsp3) is 0.308. The molecule has 1 unspecified atom stereocenters. The molecule has 0 saturated carbocycles. The predicted molar refractivity (Wildman–Crippen MR) is 87.7 cm³/mol. The Morgan fingerprint density at radius 2 is 2.33 bits per heavy atom. The molecule has 6 nitrogen and oxygen atoms in total. The van der Waals surface area contributed by atoms with Crippen LogP contribution in [-0.2, 0) is 6.54 Å². The molecular weight excluding hydrogens is 304 g/mol. The van der Waals surface area contributed by atoms with Crippen LogP contribution < -0.4 is 11.1 Å². The summed E-state index contributed by atoms with van der Waals surface area (Å²) in [5, 5.41) is 7.37. The highest BCUT2D eigenvalue weighted by Crippen LogP contribution is 2.38. The molecule has 110 valence electrons. The van der Waals surface area contributed by atoms with E-state index in [9.17, 15) is 0 Å². The van der Waals surface area contributed by atoms with E-state index in [-0.39, 0.29) is 6.04 Å². The molecule has 0 spiro atoms. The highest BCUT2D eigenvalue weighted by atomic mass is 32.1. The monoisotopic (exact) mass is 320 g/mol. The van der Waals surface area contributed by atoms with Crippen LogP contribution in [-0.4, -0.2) is 25.0 Å². The molecule has 0 aliphatic carbocycles. The normalized spacial score (nSPS) is 12.5. The number of hydrogen-bond donors (Lipinski definition) is 2. The number of hydrogen-bond acceptors (Lipinski definition) is 7. The first-order chi connectivity index (χ1) is 10.1. The number of nitrogens with one attached hydrogen (secondary N) is 1. The number of aryl methyl sites for hydroxylation is 1. The molecule has 0 fully saturated rings. The van der Waals surface area contributed by atoms with Crippen LogP contribution in [0, 0.1) is 6.92 Å². The maximum absolute atomic E-state index is 6.01. The van der Waals surface area contributed by atoms with Crippen molar-refractivity contribution in [2.45, 2.75) is 26.4 Å². The molecule has 0 amide bonds. The van der Waals surface area contributed by atoms with Crippen LogP contribution in [0.1, 0.15) is 12.6 Å². The van der Waals surface area contributed by atoms with Crippen LogP contribution in [0.3, 0.4) is 0 Å². The molecule has 3 rings (SSSR count). The van der Waals surface area contributed by atoms with Crippen molar-refractivity contribution in [2.75, 3.05) is 11.1 Å². The van der Waals surface area contributed by atoms with E-state index < -0.39 is 0 Å². The number of aromatic nitrogens is 4. The van der Waals surface area contributed by atoms with Gasteiger partial charge in [0.05, 0.1) is 11.9 Å². The van der Waals surface area contributed by atoms with Crippen molar-refractivity contribution in [1.29, 1.82) is 0 Å². The fourth-order valence-corrected chi connectivity index (χ4v) is 3.80. The first kappa shape index (κ1) is 14.0. The maximum Gasteiger partial charge on any atom is 0.149 e. The molecule has 21 heavy (non-hydrogen) atoms.